The van der Waals surface area contributed by atoms with Crippen molar-refractivity contribution in [3.8, 4) is 0 Å². The van der Waals surface area contributed by atoms with E-state index in [1.807, 2.05) is 0 Å². The van der Waals surface area contributed by atoms with Gasteiger partial charge in [-0.15, -0.1) is 0 Å². The molecule has 0 amide bonds. The Morgan fingerprint density at radius 1 is 1.25 bits per heavy atom. The van der Waals surface area contributed by atoms with Gasteiger partial charge in [0.05, 0.1) is 6.42 Å². The summed E-state index contributed by atoms with van der Waals surface area (Å²) in [6, 6.07) is 0. The van der Waals surface area contributed by atoms with Crippen LogP contribution in [0.1, 0.15) is 46.0 Å². The molecule has 0 spiro atoms. The highest BCUT2D eigenvalue weighted by atomic mass is 16.6. The molecular weight excluding hydrogens is 152 g/mol. The number of hydrogen-bond donors (Lipinski definition) is 0. The van der Waals surface area contributed by atoms with Crippen LogP contribution in [0.15, 0.2) is 0 Å². The summed E-state index contributed by atoms with van der Waals surface area (Å²) in [6.07, 6.45) is 5.29. The van der Waals surface area contributed by atoms with Gasteiger partial charge in [-0.2, -0.15) is 0 Å². The van der Waals surface area contributed by atoms with Gasteiger partial charge in [-0.3, -0.25) is 4.79 Å². The molecule has 1 aliphatic heterocycles. The summed E-state index contributed by atoms with van der Waals surface area (Å²) < 4.78 is 5.42. The third-order valence-electron chi connectivity index (χ3n) is 3.78. The second kappa shape index (κ2) is 2.24. The third-order valence-corrected chi connectivity index (χ3v) is 3.78. The zero-order valence-electron chi connectivity index (χ0n) is 7.85. The second-order valence-corrected chi connectivity index (χ2v) is 4.65. The van der Waals surface area contributed by atoms with E-state index < -0.39 is 0 Å². The van der Waals surface area contributed by atoms with Crippen LogP contribution in [-0.2, 0) is 9.53 Å². The van der Waals surface area contributed by atoms with Gasteiger partial charge in [-0.05, 0) is 26.2 Å². The number of carbonyl (C=O) groups excluding carboxylic acids is 1. The van der Waals surface area contributed by atoms with Gasteiger partial charge in [-0.1, -0.05) is 13.3 Å². The maximum Gasteiger partial charge on any atom is 0.307 e. The molecule has 2 heteroatoms. The quantitative estimate of drug-likeness (QED) is 0.519. The zero-order valence-corrected chi connectivity index (χ0v) is 7.85. The topological polar surface area (TPSA) is 26.3 Å². The summed E-state index contributed by atoms with van der Waals surface area (Å²) in [5.41, 5.74) is -0.0231. The molecule has 0 radical (unpaired) electrons. The van der Waals surface area contributed by atoms with Crippen LogP contribution in [-0.4, -0.2) is 11.6 Å². The third kappa shape index (κ3) is 0.900. The molecule has 0 aromatic rings. The smallest absolute Gasteiger partial charge is 0.307 e. The maximum atomic E-state index is 11.2. The molecule has 1 aliphatic carbocycles. The van der Waals surface area contributed by atoms with Crippen LogP contribution < -0.4 is 0 Å². The Morgan fingerprint density at radius 2 is 1.92 bits per heavy atom. The van der Waals surface area contributed by atoms with Gasteiger partial charge in [-0.25, -0.2) is 0 Å². The number of fused-ring (bicyclic) bond motifs is 1. The monoisotopic (exact) mass is 168 g/mol. The first kappa shape index (κ1) is 8.09. The Balaban J connectivity index is 2.30. The molecule has 12 heavy (non-hydrogen) atoms. The molecule has 1 heterocycles. The maximum absolute atomic E-state index is 11.2. The lowest BCUT2D eigenvalue weighted by atomic mass is 9.65. The van der Waals surface area contributed by atoms with Crippen molar-refractivity contribution < 1.29 is 9.53 Å². The standard InChI is InChI=1S/C10H16O2/c1-9-5-3-4-6-10(9,2)12-8(11)7-9/h3-7H2,1-2H3/t9-,10-/m0/s1. The van der Waals surface area contributed by atoms with Crippen molar-refractivity contribution in [1.29, 1.82) is 0 Å². The van der Waals surface area contributed by atoms with Crippen LogP contribution in [0, 0.1) is 5.41 Å². The van der Waals surface area contributed by atoms with Crippen molar-refractivity contribution in [2.24, 2.45) is 5.41 Å². The van der Waals surface area contributed by atoms with Gasteiger partial charge in [0.2, 0.25) is 0 Å². The van der Waals surface area contributed by atoms with E-state index in [2.05, 4.69) is 13.8 Å². The molecule has 0 unspecified atom stereocenters. The second-order valence-electron chi connectivity index (χ2n) is 4.65. The fraction of sp³-hybridized carbons (Fsp3) is 0.900. The van der Waals surface area contributed by atoms with Crippen LogP contribution in [0.5, 0.6) is 0 Å². The number of carbonyl (C=O) groups is 1. The van der Waals surface area contributed by atoms with E-state index in [4.69, 9.17) is 4.74 Å². The van der Waals surface area contributed by atoms with Crippen molar-refractivity contribution in [3.63, 3.8) is 0 Å². The van der Waals surface area contributed by atoms with Crippen LogP contribution in [0.4, 0.5) is 0 Å². The molecule has 2 atom stereocenters. The molecule has 68 valence electrons. The van der Waals surface area contributed by atoms with Gasteiger partial charge in [0.15, 0.2) is 0 Å². The highest BCUT2D eigenvalue weighted by molar-refractivity contribution is 5.73. The lowest BCUT2D eigenvalue weighted by Gasteiger charge is -2.42. The summed E-state index contributed by atoms with van der Waals surface area (Å²) in [5.74, 6) is 0.00176. The largest absolute Gasteiger partial charge is 0.459 e. The van der Waals surface area contributed by atoms with Crippen LogP contribution in [0.25, 0.3) is 0 Å². The van der Waals surface area contributed by atoms with Gasteiger partial charge in [0, 0.05) is 5.41 Å². The minimum Gasteiger partial charge on any atom is -0.459 e. The highest BCUT2D eigenvalue weighted by Gasteiger charge is 2.55. The molecule has 1 saturated heterocycles. The predicted octanol–water partition coefficient (Wildman–Crippen LogP) is 2.27. The van der Waals surface area contributed by atoms with E-state index in [-0.39, 0.29) is 17.0 Å². The molecule has 0 bridgehead atoms. The summed E-state index contributed by atoms with van der Waals surface area (Å²) in [6.45, 7) is 4.29. The molecule has 0 aromatic carbocycles. The van der Waals surface area contributed by atoms with E-state index in [1.54, 1.807) is 0 Å². The van der Waals surface area contributed by atoms with Gasteiger partial charge < -0.3 is 4.74 Å². The minimum absolute atomic E-state index is 0.00176. The number of rotatable bonds is 0. The molecule has 2 aliphatic rings. The Hall–Kier alpha value is -0.530. The van der Waals surface area contributed by atoms with Crippen molar-refractivity contribution >= 4 is 5.97 Å². The minimum atomic E-state index is -0.150. The number of hydrogen-bond acceptors (Lipinski definition) is 2. The first-order valence-electron chi connectivity index (χ1n) is 4.78. The highest BCUT2D eigenvalue weighted by Crippen LogP contribution is 2.52. The van der Waals surface area contributed by atoms with E-state index in [0.717, 1.165) is 12.8 Å². The van der Waals surface area contributed by atoms with E-state index >= 15 is 0 Å². The van der Waals surface area contributed by atoms with Gasteiger partial charge >= 0.3 is 5.97 Å². The lowest BCUT2D eigenvalue weighted by Crippen LogP contribution is -2.42. The first-order valence-corrected chi connectivity index (χ1v) is 4.78. The fourth-order valence-electron chi connectivity index (χ4n) is 2.60. The molecule has 0 aromatic heterocycles. The van der Waals surface area contributed by atoms with Crippen molar-refractivity contribution in [2.45, 2.75) is 51.6 Å². The predicted molar refractivity (Wildman–Crippen MR) is 45.7 cm³/mol. The van der Waals surface area contributed by atoms with Gasteiger partial charge in [0.1, 0.15) is 5.60 Å². The van der Waals surface area contributed by atoms with E-state index in [9.17, 15) is 4.79 Å². The Morgan fingerprint density at radius 3 is 2.58 bits per heavy atom. The van der Waals surface area contributed by atoms with Crippen molar-refractivity contribution in [3.05, 3.63) is 0 Å². The lowest BCUT2D eigenvalue weighted by molar-refractivity contribution is -0.152. The summed E-state index contributed by atoms with van der Waals surface area (Å²) >= 11 is 0. The van der Waals surface area contributed by atoms with Gasteiger partial charge in [0.25, 0.3) is 0 Å². The summed E-state index contributed by atoms with van der Waals surface area (Å²) in [7, 11) is 0. The van der Waals surface area contributed by atoms with Crippen LogP contribution >= 0.6 is 0 Å². The van der Waals surface area contributed by atoms with Crippen molar-refractivity contribution in [1.82, 2.24) is 0 Å². The number of esters is 1. The molecule has 1 saturated carbocycles. The molecule has 2 nitrogen and oxygen atoms in total. The molecular formula is C10H16O2. The van der Waals surface area contributed by atoms with Crippen LogP contribution in [0.2, 0.25) is 0 Å². The molecule has 0 N–H and O–H groups in total. The molecule has 2 rings (SSSR count). The fourth-order valence-corrected chi connectivity index (χ4v) is 2.60. The van der Waals surface area contributed by atoms with E-state index in [0.29, 0.717) is 6.42 Å². The average Bonchev–Trinajstić information content (AvgIpc) is 2.18. The normalized spacial score (nSPS) is 47.0. The Bertz CT molecular complexity index is 202. The van der Waals surface area contributed by atoms with Crippen LogP contribution in [0.3, 0.4) is 0 Å². The average molecular weight is 168 g/mol. The SMILES string of the molecule is C[C@@]12CCCC[C@]1(C)OC(=O)C2. The van der Waals surface area contributed by atoms with E-state index in [1.165, 1.54) is 12.8 Å². The first-order chi connectivity index (χ1) is 5.56. The Kier molecular flexibility index (Phi) is 1.51. The van der Waals surface area contributed by atoms with Crippen molar-refractivity contribution in [2.75, 3.05) is 0 Å². The summed E-state index contributed by atoms with van der Waals surface area (Å²) in [5, 5.41) is 0. The number of ether oxygens (including phenoxy) is 1. The Labute approximate surface area is 73.3 Å². The zero-order chi connectivity index (χ0) is 8.82. The summed E-state index contributed by atoms with van der Waals surface area (Å²) in [4.78, 5) is 11.2. The molecule has 2 fully saturated rings.